The van der Waals surface area contributed by atoms with Gasteiger partial charge in [0.25, 0.3) is 0 Å². The van der Waals surface area contributed by atoms with Crippen molar-refractivity contribution in [2.24, 2.45) is 0 Å². The lowest BCUT2D eigenvalue weighted by Crippen LogP contribution is -2.31. The molecule has 1 aromatic heterocycles. The summed E-state index contributed by atoms with van der Waals surface area (Å²) in [5, 5.41) is 6.60. The minimum Gasteiger partial charge on any atom is -0.377 e. The number of nitrogens with one attached hydrogen (secondary N) is 2. The van der Waals surface area contributed by atoms with Crippen LogP contribution in [0.25, 0.3) is 0 Å². The third kappa shape index (κ3) is 3.10. The third-order valence-electron chi connectivity index (χ3n) is 3.44. The summed E-state index contributed by atoms with van der Waals surface area (Å²) in [6.45, 7) is 2.69. The molecule has 1 saturated carbocycles. The molecule has 0 bridgehead atoms. The van der Waals surface area contributed by atoms with Gasteiger partial charge in [-0.15, -0.1) is 0 Å². The first-order chi connectivity index (χ1) is 8.65. The molecular weight excluding hydrogens is 228 g/mol. The number of ether oxygens (including phenoxy) is 1. The lowest BCUT2D eigenvalue weighted by Gasteiger charge is -2.26. The average molecular weight is 250 g/mol. The van der Waals surface area contributed by atoms with Gasteiger partial charge in [0.15, 0.2) is 5.82 Å². The fourth-order valence-corrected chi connectivity index (χ4v) is 2.47. The quantitative estimate of drug-likeness (QED) is 0.840. The molecule has 0 spiro atoms. The summed E-state index contributed by atoms with van der Waals surface area (Å²) in [4.78, 5) is 8.84. The molecule has 0 unspecified atom stereocenters. The Morgan fingerprint density at radius 3 is 2.56 bits per heavy atom. The Labute approximate surface area is 108 Å². The molecule has 1 aromatic rings. The van der Waals surface area contributed by atoms with E-state index in [1.54, 1.807) is 7.11 Å². The molecule has 1 aliphatic rings. The van der Waals surface area contributed by atoms with Crippen molar-refractivity contribution in [3.05, 3.63) is 11.9 Å². The van der Waals surface area contributed by atoms with Crippen LogP contribution in [0.4, 0.5) is 11.6 Å². The normalized spacial score (nSPS) is 17.7. The molecule has 18 heavy (non-hydrogen) atoms. The first-order valence-corrected chi connectivity index (χ1v) is 6.48. The summed E-state index contributed by atoms with van der Waals surface area (Å²) in [6, 6.07) is 1.95. The zero-order valence-electron chi connectivity index (χ0n) is 11.4. The van der Waals surface area contributed by atoms with E-state index in [-0.39, 0.29) is 5.54 Å². The van der Waals surface area contributed by atoms with Gasteiger partial charge in [0.1, 0.15) is 18.2 Å². The summed E-state index contributed by atoms with van der Waals surface area (Å²) >= 11 is 0. The molecule has 0 aromatic carbocycles. The maximum atomic E-state index is 5.10. The van der Waals surface area contributed by atoms with Crippen molar-refractivity contribution in [1.82, 2.24) is 9.97 Å². The van der Waals surface area contributed by atoms with E-state index in [1.807, 2.05) is 13.1 Å². The van der Waals surface area contributed by atoms with Gasteiger partial charge < -0.3 is 15.4 Å². The standard InChI is InChI=1S/C13H22N4O/c1-13(6-4-5-7-13)17-11-8-10(14-2)15-12(16-11)9-18-3/h8H,4-7,9H2,1-3H3,(H2,14,15,16,17). The molecule has 0 radical (unpaired) electrons. The van der Waals surface area contributed by atoms with Gasteiger partial charge in [0.05, 0.1) is 0 Å². The molecule has 0 amide bonds. The van der Waals surface area contributed by atoms with Gasteiger partial charge in [-0.3, -0.25) is 0 Å². The van der Waals surface area contributed by atoms with Crippen LogP contribution in [-0.2, 0) is 11.3 Å². The van der Waals surface area contributed by atoms with Crippen molar-refractivity contribution in [3.63, 3.8) is 0 Å². The number of aromatic nitrogens is 2. The van der Waals surface area contributed by atoms with Crippen LogP contribution in [0.5, 0.6) is 0 Å². The van der Waals surface area contributed by atoms with E-state index in [0.717, 1.165) is 11.6 Å². The highest BCUT2D eigenvalue weighted by atomic mass is 16.5. The smallest absolute Gasteiger partial charge is 0.158 e. The van der Waals surface area contributed by atoms with Gasteiger partial charge in [-0.05, 0) is 19.8 Å². The minimum atomic E-state index is 0.170. The summed E-state index contributed by atoms with van der Waals surface area (Å²) in [5.74, 6) is 2.40. The van der Waals surface area contributed by atoms with Gasteiger partial charge in [-0.25, -0.2) is 9.97 Å². The molecule has 100 valence electrons. The SMILES string of the molecule is CNc1cc(NC2(C)CCCC2)nc(COC)n1. The van der Waals surface area contributed by atoms with E-state index in [0.29, 0.717) is 12.4 Å². The van der Waals surface area contributed by atoms with Crippen LogP contribution in [0.15, 0.2) is 6.07 Å². The van der Waals surface area contributed by atoms with Gasteiger partial charge >= 0.3 is 0 Å². The number of methoxy groups -OCH3 is 1. The number of hydrogen-bond acceptors (Lipinski definition) is 5. The minimum absolute atomic E-state index is 0.170. The fourth-order valence-electron chi connectivity index (χ4n) is 2.47. The zero-order chi connectivity index (χ0) is 13.0. The molecular formula is C13H22N4O. The lowest BCUT2D eigenvalue weighted by molar-refractivity contribution is 0.178. The highest BCUT2D eigenvalue weighted by Crippen LogP contribution is 2.32. The molecule has 0 aliphatic heterocycles. The second kappa shape index (κ2) is 5.52. The number of anilines is 2. The molecule has 0 atom stereocenters. The molecule has 2 N–H and O–H groups in total. The fraction of sp³-hybridized carbons (Fsp3) is 0.692. The number of nitrogens with zero attached hydrogens (tertiary/aromatic N) is 2. The molecule has 2 rings (SSSR count). The maximum Gasteiger partial charge on any atom is 0.158 e. The van der Waals surface area contributed by atoms with Crippen molar-refractivity contribution < 1.29 is 4.74 Å². The van der Waals surface area contributed by atoms with Crippen molar-refractivity contribution >= 4 is 11.6 Å². The van der Waals surface area contributed by atoms with E-state index >= 15 is 0 Å². The second-order valence-corrected chi connectivity index (χ2v) is 5.13. The van der Waals surface area contributed by atoms with Crippen molar-refractivity contribution in [2.45, 2.75) is 44.8 Å². The Morgan fingerprint density at radius 1 is 1.28 bits per heavy atom. The first-order valence-electron chi connectivity index (χ1n) is 6.48. The summed E-state index contributed by atoms with van der Waals surface area (Å²) in [6.07, 6.45) is 4.98. The monoisotopic (exact) mass is 250 g/mol. The van der Waals surface area contributed by atoms with E-state index in [4.69, 9.17) is 4.74 Å². The largest absolute Gasteiger partial charge is 0.377 e. The van der Waals surface area contributed by atoms with Gasteiger partial charge in [-0.1, -0.05) is 12.8 Å². The Balaban J connectivity index is 2.17. The lowest BCUT2D eigenvalue weighted by atomic mass is 10.0. The highest BCUT2D eigenvalue weighted by molar-refractivity contribution is 5.48. The predicted molar refractivity (Wildman–Crippen MR) is 72.8 cm³/mol. The Kier molecular flexibility index (Phi) is 4.01. The average Bonchev–Trinajstić information content (AvgIpc) is 2.75. The van der Waals surface area contributed by atoms with Crippen LogP contribution in [0.2, 0.25) is 0 Å². The highest BCUT2D eigenvalue weighted by Gasteiger charge is 2.28. The van der Waals surface area contributed by atoms with E-state index in [9.17, 15) is 0 Å². The number of hydrogen-bond donors (Lipinski definition) is 2. The summed E-state index contributed by atoms with van der Waals surface area (Å²) in [5.41, 5.74) is 0.170. The molecule has 1 aliphatic carbocycles. The molecule has 5 heteroatoms. The molecule has 1 heterocycles. The third-order valence-corrected chi connectivity index (χ3v) is 3.44. The Hall–Kier alpha value is -1.36. The number of rotatable bonds is 5. The van der Waals surface area contributed by atoms with Crippen molar-refractivity contribution in [1.29, 1.82) is 0 Å². The van der Waals surface area contributed by atoms with Gasteiger partial charge in [0, 0.05) is 25.8 Å². The van der Waals surface area contributed by atoms with Crippen LogP contribution >= 0.6 is 0 Å². The Bertz CT molecular complexity index is 402. The van der Waals surface area contributed by atoms with Gasteiger partial charge in [-0.2, -0.15) is 0 Å². The summed E-state index contributed by atoms with van der Waals surface area (Å²) < 4.78 is 5.10. The second-order valence-electron chi connectivity index (χ2n) is 5.13. The van der Waals surface area contributed by atoms with Crippen LogP contribution < -0.4 is 10.6 Å². The first kappa shape index (κ1) is 13.1. The predicted octanol–water partition coefficient (Wildman–Crippen LogP) is 2.41. The van der Waals surface area contributed by atoms with Crippen LogP contribution in [0, 0.1) is 0 Å². The molecule has 1 fully saturated rings. The van der Waals surface area contributed by atoms with Crippen molar-refractivity contribution in [3.8, 4) is 0 Å². The summed E-state index contributed by atoms with van der Waals surface area (Å²) in [7, 11) is 3.51. The maximum absolute atomic E-state index is 5.10. The zero-order valence-corrected chi connectivity index (χ0v) is 11.4. The Morgan fingerprint density at radius 2 is 1.94 bits per heavy atom. The van der Waals surface area contributed by atoms with Crippen LogP contribution in [0.1, 0.15) is 38.4 Å². The van der Waals surface area contributed by atoms with Crippen LogP contribution in [-0.4, -0.2) is 29.7 Å². The molecule has 0 saturated heterocycles. The molecule has 5 nitrogen and oxygen atoms in total. The topological polar surface area (TPSA) is 59.1 Å². The van der Waals surface area contributed by atoms with Crippen LogP contribution in [0.3, 0.4) is 0 Å². The van der Waals surface area contributed by atoms with E-state index in [1.165, 1.54) is 25.7 Å². The van der Waals surface area contributed by atoms with Crippen molar-refractivity contribution in [2.75, 3.05) is 24.8 Å². The van der Waals surface area contributed by atoms with Gasteiger partial charge in [0.2, 0.25) is 0 Å². The van der Waals surface area contributed by atoms with E-state index < -0.39 is 0 Å². The van der Waals surface area contributed by atoms with E-state index in [2.05, 4.69) is 27.5 Å².